The van der Waals surface area contributed by atoms with Gasteiger partial charge in [-0.3, -0.25) is 4.98 Å². The van der Waals surface area contributed by atoms with E-state index in [0.29, 0.717) is 17.5 Å². The van der Waals surface area contributed by atoms with Crippen LogP contribution < -0.4 is 0 Å². The second-order valence-corrected chi connectivity index (χ2v) is 15.5. The van der Waals surface area contributed by atoms with Gasteiger partial charge in [0.25, 0.3) is 0 Å². The molecule has 7 aromatic carbocycles. The van der Waals surface area contributed by atoms with Gasteiger partial charge in [0.05, 0.1) is 5.56 Å². The van der Waals surface area contributed by atoms with Crippen LogP contribution in [-0.2, 0) is 5.41 Å². The van der Waals surface area contributed by atoms with E-state index >= 15 is 0 Å². The molecule has 0 radical (unpaired) electrons. The number of fused-ring (bicyclic) bond motifs is 6. The summed E-state index contributed by atoms with van der Waals surface area (Å²) in [6.07, 6.45) is 3.66. The number of pyridine rings is 1. The van der Waals surface area contributed by atoms with Gasteiger partial charge in [0.15, 0.2) is 17.5 Å². The van der Waals surface area contributed by atoms with Gasteiger partial charge in [0.2, 0.25) is 0 Å². The van der Waals surface area contributed by atoms with Crippen LogP contribution in [-0.4, -0.2) is 19.9 Å². The lowest BCUT2D eigenvalue weighted by Crippen LogP contribution is -2.14. The molecule has 5 nitrogen and oxygen atoms in total. The standard InChI is InChI=1S/C53H36N4O/c1-53(2)46-17-8-6-13-41(46)45-32-37(23-24-47(45)53)39-29-38(34-21-19-33(20-22-34)35-25-27-54-28-26-35)30-40(31-39)51-55-50(36-11-4-3-5-12-36)56-52(57-51)44-16-10-15-43-42-14-7-9-18-48(42)58-49(43)44/h3-32H,1-2H3. The van der Waals surface area contributed by atoms with Crippen LogP contribution in [0, 0.1) is 0 Å². The maximum absolute atomic E-state index is 6.50. The Morgan fingerprint density at radius 2 is 0.948 bits per heavy atom. The Kier molecular flexibility index (Phi) is 7.76. The topological polar surface area (TPSA) is 64.7 Å². The van der Waals surface area contributed by atoms with E-state index in [-0.39, 0.29) is 5.41 Å². The number of para-hydroxylation sites is 2. The smallest absolute Gasteiger partial charge is 0.167 e. The minimum absolute atomic E-state index is 0.0775. The van der Waals surface area contributed by atoms with Crippen LogP contribution in [0.3, 0.4) is 0 Å². The Morgan fingerprint density at radius 3 is 1.76 bits per heavy atom. The summed E-state index contributed by atoms with van der Waals surface area (Å²) in [5, 5.41) is 2.08. The van der Waals surface area contributed by atoms with Crippen LogP contribution in [0.1, 0.15) is 25.0 Å². The maximum Gasteiger partial charge on any atom is 0.167 e. The highest BCUT2D eigenvalue weighted by Crippen LogP contribution is 2.50. The molecule has 3 aromatic heterocycles. The summed E-state index contributed by atoms with van der Waals surface area (Å²) in [6.45, 7) is 4.64. The van der Waals surface area contributed by atoms with E-state index in [2.05, 4.69) is 116 Å². The fraction of sp³-hybridized carbons (Fsp3) is 0.0566. The van der Waals surface area contributed by atoms with Crippen LogP contribution >= 0.6 is 0 Å². The van der Waals surface area contributed by atoms with Crippen molar-refractivity contribution in [3.8, 4) is 78.7 Å². The summed E-state index contributed by atoms with van der Waals surface area (Å²) in [5.41, 5.74) is 16.0. The number of aromatic nitrogens is 4. The van der Waals surface area contributed by atoms with E-state index in [0.717, 1.165) is 72.0 Å². The Balaban J connectivity index is 1.12. The summed E-state index contributed by atoms with van der Waals surface area (Å²) in [5.74, 6) is 1.73. The summed E-state index contributed by atoms with van der Waals surface area (Å²) < 4.78 is 6.50. The van der Waals surface area contributed by atoms with Crippen molar-refractivity contribution in [2.75, 3.05) is 0 Å². The third kappa shape index (κ3) is 5.62. The Hall–Kier alpha value is -7.50. The molecule has 5 heteroatoms. The largest absolute Gasteiger partial charge is 0.455 e. The van der Waals surface area contributed by atoms with Gasteiger partial charge in [-0.25, -0.2) is 15.0 Å². The quantitative estimate of drug-likeness (QED) is 0.170. The highest BCUT2D eigenvalue weighted by molar-refractivity contribution is 6.09. The minimum Gasteiger partial charge on any atom is -0.455 e. The van der Waals surface area contributed by atoms with E-state index in [4.69, 9.17) is 19.4 Å². The number of nitrogens with zero attached hydrogens (tertiary/aromatic N) is 4. The number of benzene rings is 7. The van der Waals surface area contributed by atoms with Crippen LogP contribution in [0.25, 0.3) is 101 Å². The molecule has 0 bridgehead atoms. The normalized spacial score (nSPS) is 12.8. The number of hydrogen-bond donors (Lipinski definition) is 0. The molecule has 0 fully saturated rings. The fourth-order valence-corrected chi connectivity index (χ4v) is 8.65. The first-order valence-electron chi connectivity index (χ1n) is 19.6. The van der Waals surface area contributed by atoms with Crippen LogP contribution in [0.5, 0.6) is 0 Å². The minimum atomic E-state index is -0.0775. The van der Waals surface area contributed by atoms with E-state index in [1.165, 1.54) is 22.3 Å². The zero-order valence-corrected chi connectivity index (χ0v) is 32.0. The zero-order valence-electron chi connectivity index (χ0n) is 32.0. The van der Waals surface area contributed by atoms with Crippen molar-refractivity contribution in [1.82, 2.24) is 19.9 Å². The van der Waals surface area contributed by atoms with E-state index in [1.54, 1.807) is 0 Å². The molecule has 274 valence electrons. The first-order chi connectivity index (χ1) is 28.5. The molecule has 0 saturated heterocycles. The van der Waals surface area contributed by atoms with Gasteiger partial charge < -0.3 is 4.42 Å². The van der Waals surface area contributed by atoms with Crippen LogP contribution in [0.2, 0.25) is 0 Å². The van der Waals surface area contributed by atoms with Crippen molar-refractivity contribution in [3.05, 3.63) is 193 Å². The molecule has 0 saturated carbocycles. The Bertz CT molecular complexity index is 3190. The number of rotatable bonds is 6. The van der Waals surface area contributed by atoms with Crippen LogP contribution in [0.4, 0.5) is 0 Å². The molecule has 1 aliphatic carbocycles. The SMILES string of the molecule is CC1(C)c2ccccc2-c2cc(-c3cc(-c4ccc(-c5ccncc5)cc4)cc(-c4nc(-c5ccccc5)nc(-c5cccc6c5oc5ccccc56)n4)c3)ccc21. The second-order valence-electron chi connectivity index (χ2n) is 15.5. The Labute approximate surface area is 336 Å². The molecular weight excluding hydrogens is 709 g/mol. The third-order valence-electron chi connectivity index (χ3n) is 11.7. The lowest BCUT2D eigenvalue weighted by Gasteiger charge is -2.21. The van der Waals surface area contributed by atoms with Crippen molar-refractivity contribution < 1.29 is 4.42 Å². The molecule has 11 rings (SSSR count). The van der Waals surface area contributed by atoms with Gasteiger partial charge in [-0.2, -0.15) is 0 Å². The maximum atomic E-state index is 6.50. The van der Waals surface area contributed by atoms with Crippen LogP contribution in [0.15, 0.2) is 187 Å². The summed E-state index contributed by atoms with van der Waals surface area (Å²) in [7, 11) is 0. The number of hydrogen-bond acceptors (Lipinski definition) is 5. The zero-order chi connectivity index (χ0) is 38.8. The lowest BCUT2D eigenvalue weighted by atomic mass is 9.82. The predicted molar refractivity (Wildman–Crippen MR) is 235 cm³/mol. The van der Waals surface area contributed by atoms with Gasteiger partial charge in [-0.15, -0.1) is 0 Å². The van der Waals surface area contributed by atoms with Crippen molar-refractivity contribution in [3.63, 3.8) is 0 Å². The lowest BCUT2D eigenvalue weighted by molar-refractivity contribution is 0.660. The first kappa shape index (κ1) is 33.8. The monoisotopic (exact) mass is 744 g/mol. The summed E-state index contributed by atoms with van der Waals surface area (Å²) >= 11 is 0. The van der Waals surface area contributed by atoms with Crippen molar-refractivity contribution in [2.24, 2.45) is 0 Å². The van der Waals surface area contributed by atoms with Gasteiger partial charge >= 0.3 is 0 Å². The summed E-state index contributed by atoms with van der Waals surface area (Å²) in [6, 6.07) is 59.7. The Morgan fingerprint density at radius 1 is 0.379 bits per heavy atom. The molecule has 0 spiro atoms. The molecule has 58 heavy (non-hydrogen) atoms. The van der Waals surface area contributed by atoms with Crippen molar-refractivity contribution in [1.29, 1.82) is 0 Å². The molecule has 0 atom stereocenters. The van der Waals surface area contributed by atoms with E-state index in [9.17, 15) is 0 Å². The first-order valence-corrected chi connectivity index (χ1v) is 19.6. The molecule has 3 heterocycles. The van der Waals surface area contributed by atoms with Gasteiger partial charge in [0.1, 0.15) is 11.2 Å². The van der Waals surface area contributed by atoms with Crippen molar-refractivity contribution >= 4 is 21.9 Å². The van der Waals surface area contributed by atoms with Gasteiger partial charge in [-0.05, 0) is 104 Å². The molecule has 0 amide bonds. The summed E-state index contributed by atoms with van der Waals surface area (Å²) in [4.78, 5) is 19.8. The van der Waals surface area contributed by atoms with Gasteiger partial charge in [-0.1, -0.05) is 135 Å². The van der Waals surface area contributed by atoms with E-state index < -0.39 is 0 Å². The highest BCUT2D eigenvalue weighted by Gasteiger charge is 2.35. The molecule has 10 aromatic rings. The molecule has 0 unspecified atom stereocenters. The number of furan rings is 1. The molecular formula is C53H36N4O. The highest BCUT2D eigenvalue weighted by atomic mass is 16.3. The van der Waals surface area contributed by atoms with Crippen molar-refractivity contribution in [2.45, 2.75) is 19.3 Å². The average molecular weight is 745 g/mol. The van der Waals surface area contributed by atoms with Gasteiger partial charge in [0, 0.05) is 39.7 Å². The molecule has 0 N–H and O–H groups in total. The predicted octanol–water partition coefficient (Wildman–Crippen LogP) is 13.5. The average Bonchev–Trinajstić information content (AvgIpc) is 3.78. The third-order valence-corrected chi connectivity index (χ3v) is 11.7. The fourth-order valence-electron chi connectivity index (χ4n) is 8.65. The second kappa shape index (κ2) is 13.3. The molecule has 0 aliphatic heterocycles. The molecule has 1 aliphatic rings. The van der Waals surface area contributed by atoms with E-state index in [1.807, 2.05) is 85.2 Å².